The first-order valence-corrected chi connectivity index (χ1v) is 5.18. The molecule has 0 saturated heterocycles. The predicted octanol–water partition coefficient (Wildman–Crippen LogP) is 2.41. The fraction of sp³-hybridized carbons (Fsp3) is 0.583. The van der Waals surface area contributed by atoms with Crippen LogP contribution in [0, 0.1) is 0 Å². The van der Waals surface area contributed by atoms with E-state index in [1.165, 1.54) is 7.11 Å². The largest absolute Gasteiger partial charge is 0.463 e. The van der Waals surface area contributed by atoms with Crippen LogP contribution in [0.15, 0.2) is 17.9 Å². The van der Waals surface area contributed by atoms with Gasteiger partial charge in [-0.1, -0.05) is 32.8 Å². The molecule has 0 rings (SSSR count). The molecule has 0 radical (unpaired) electrons. The first-order chi connectivity index (χ1) is 7.17. The second-order valence-electron chi connectivity index (χ2n) is 3.29. The standard InChI is InChI=1S/C12H18O3/c1-4-6-7-8-9-10(5-2)11(13)12(14)15-3/h2,4,6-9H2,1,3H3. The fourth-order valence-corrected chi connectivity index (χ4v) is 1.23. The molecule has 0 aliphatic heterocycles. The molecule has 0 heterocycles. The van der Waals surface area contributed by atoms with Crippen molar-refractivity contribution in [1.29, 1.82) is 0 Å². The molecule has 0 bridgehead atoms. The molecule has 0 atom stereocenters. The Hall–Kier alpha value is -1.34. The number of carbonyl (C=O) groups is 2. The number of esters is 1. The van der Waals surface area contributed by atoms with E-state index in [2.05, 4.69) is 24.0 Å². The van der Waals surface area contributed by atoms with Crippen LogP contribution < -0.4 is 0 Å². The molecule has 0 aromatic rings. The van der Waals surface area contributed by atoms with Gasteiger partial charge in [0, 0.05) is 5.57 Å². The molecule has 3 nitrogen and oxygen atoms in total. The lowest BCUT2D eigenvalue weighted by atomic mass is 10.0. The van der Waals surface area contributed by atoms with E-state index in [9.17, 15) is 9.59 Å². The Kier molecular flexibility index (Phi) is 7.29. The van der Waals surface area contributed by atoms with Crippen LogP contribution >= 0.6 is 0 Å². The number of rotatable bonds is 7. The number of ether oxygens (including phenoxy) is 1. The molecular weight excluding hydrogens is 192 g/mol. The molecule has 84 valence electrons. The number of hydrogen-bond donors (Lipinski definition) is 0. The summed E-state index contributed by atoms with van der Waals surface area (Å²) < 4.78 is 4.35. The van der Waals surface area contributed by atoms with E-state index in [4.69, 9.17) is 0 Å². The summed E-state index contributed by atoms with van der Waals surface area (Å²) in [6.45, 7) is 5.52. The Morgan fingerprint density at radius 1 is 1.27 bits per heavy atom. The van der Waals surface area contributed by atoms with Crippen molar-refractivity contribution in [3.63, 3.8) is 0 Å². The van der Waals surface area contributed by atoms with Gasteiger partial charge in [0.1, 0.15) is 0 Å². The minimum atomic E-state index is -0.836. The van der Waals surface area contributed by atoms with Crippen LogP contribution in [0.25, 0.3) is 0 Å². The lowest BCUT2D eigenvalue weighted by molar-refractivity contribution is -0.149. The molecule has 0 aliphatic carbocycles. The highest BCUT2D eigenvalue weighted by Gasteiger charge is 2.18. The maximum atomic E-state index is 11.4. The van der Waals surface area contributed by atoms with Gasteiger partial charge in [-0.05, 0) is 12.8 Å². The summed E-state index contributed by atoms with van der Waals surface area (Å²) >= 11 is 0. The van der Waals surface area contributed by atoms with E-state index in [1.54, 1.807) is 0 Å². The van der Waals surface area contributed by atoms with Gasteiger partial charge in [-0.25, -0.2) is 4.79 Å². The quantitative estimate of drug-likeness (QED) is 0.213. The summed E-state index contributed by atoms with van der Waals surface area (Å²) in [7, 11) is 1.19. The number of methoxy groups -OCH3 is 1. The third-order valence-electron chi connectivity index (χ3n) is 2.14. The summed E-state index contributed by atoms with van der Waals surface area (Å²) in [5.41, 5.74) is 2.84. The first kappa shape index (κ1) is 13.7. The van der Waals surface area contributed by atoms with Crippen molar-refractivity contribution in [2.24, 2.45) is 0 Å². The Morgan fingerprint density at radius 2 is 1.93 bits per heavy atom. The SMILES string of the molecule is C=C=C(CCCCCC)C(=O)C(=O)OC. The molecule has 0 aliphatic rings. The summed E-state index contributed by atoms with van der Waals surface area (Å²) in [5.74, 6) is -1.46. The van der Waals surface area contributed by atoms with Crippen LogP contribution in [-0.4, -0.2) is 18.9 Å². The van der Waals surface area contributed by atoms with Gasteiger partial charge in [0.2, 0.25) is 0 Å². The van der Waals surface area contributed by atoms with E-state index in [1.807, 2.05) is 0 Å². The average Bonchev–Trinajstić information content (AvgIpc) is 2.27. The fourth-order valence-electron chi connectivity index (χ4n) is 1.23. The molecule has 0 amide bonds. The minimum Gasteiger partial charge on any atom is -0.463 e. The van der Waals surface area contributed by atoms with Gasteiger partial charge in [-0.2, -0.15) is 0 Å². The van der Waals surface area contributed by atoms with Crippen molar-refractivity contribution in [3.8, 4) is 0 Å². The third-order valence-corrected chi connectivity index (χ3v) is 2.14. The van der Waals surface area contributed by atoms with Crippen LogP contribution in [0.2, 0.25) is 0 Å². The van der Waals surface area contributed by atoms with Gasteiger partial charge in [0.05, 0.1) is 7.11 Å². The molecule has 3 heteroatoms. The zero-order valence-corrected chi connectivity index (χ0v) is 9.47. The highest BCUT2D eigenvalue weighted by Crippen LogP contribution is 2.10. The number of unbranched alkanes of at least 4 members (excludes halogenated alkanes) is 3. The lowest BCUT2D eigenvalue weighted by Crippen LogP contribution is -2.17. The molecule has 0 saturated carbocycles. The summed E-state index contributed by atoms with van der Waals surface area (Å²) in [5, 5.41) is 0. The molecule has 0 spiro atoms. The number of carbonyl (C=O) groups excluding carboxylic acids is 2. The van der Waals surface area contributed by atoms with Crippen molar-refractivity contribution in [2.75, 3.05) is 7.11 Å². The topological polar surface area (TPSA) is 43.4 Å². The first-order valence-electron chi connectivity index (χ1n) is 5.18. The van der Waals surface area contributed by atoms with E-state index in [0.29, 0.717) is 12.0 Å². The van der Waals surface area contributed by atoms with E-state index < -0.39 is 11.8 Å². The zero-order chi connectivity index (χ0) is 11.7. The summed E-state index contributed by atoms with van der Waals surface area (Å²) in [6, 6.07) is 0. The summed E-state index contributed by atoms with van der Waals surface area (Å²) in [6.07, 6.45) is 4.76. The van der Waals surface area contributed by atoms with E-state index in [0.717, 1.165) is 25.7 Å². The smallest absolute Gasteiger partial charge is 0.379 e. The van der Waals surface area contributed by atoms with Crippen molar-refractivity contribution in [3.05, 3.63) is 17.9 Å². The van der Waals surface area contributed by atoms with Crippen LogP contribution in [-0.2, 0) is 14.3 Å². The molecule has 0 unspecified atom stereocenters. The second kappa shape index (κ2) is 8.01. The maximum Gasteiger partial charge on any atom is 0.379 e. The Labute approximate surface area is 90.8 Å². The number of Topliss-reactive ketones (excluding diaryl/α,β-unsaturated/α-hetero) is 1. The Morgan fingerprint density at radius 3 is 2.40 bits per heavy atom. The average molecular weight is 210 g/mol. The van der Waals surface area contributed by atoms with Gasteiger partial charge in [0.15, 0.2) is 0 Å². The monoisotopic (exact) mass is 210 g/mol. The van der Waals surface area contributed by atoms with E-state index in [-0.39, 0.29) is 0 Å². The highest BCUT2D eigenvalue weighted by molar-refractivity contribution is 6.40. The van der Waals surface area contributed by atoms with Gasteiger partial charge >= 0.3 is 5.97 Å². The molecule has 0 N–H and O–H groups in total. The van der Waals surface area contributed by atoms with Gasteiger partial charge in [0.25, 0.3) is 5.78 Å². The molecule has 0 fully saturated rings. The van der Waals surface area contributed by atoms with Crippen LogP contribution in [0.3, 0.4) is 0 Å². The highest BCUT2D eigenvalue weighted by atomic mass is 16.5. The second-order valence-corrected chi connectivity index (χ2v) is 3.29. The molecule has 15 heavy (non-hydrogen) atoms. The minimum absolute atomic E-state index is 0.331. The number of hydrogen-bond acceptors (Lipinski definition) is 3. The number of ketones is 1. The van der Waals surface area contributed by atoms with Crippen molar-refractivity contribution >= 4 is 11.8 Å². The van der Waals surface area contributed by atoms with E-state index >= 15 is 0 Å². The van der Waals surface area contributed by atoms with Crippen molar-refractivity contribution in [2.45, 2.75) is 39.0 Å². The normalized spacial score (nSPS) is 9.20. The molecule has 0 aromatic carbocycles. The maximum absolute atomic E-state index is 11.4. The van der Waals surface area contributed by atoms with Gasteiger partial charge < -0.3 is 4.74 Å². The Balaban J connectivity index is 4.10. The van der Waals surface area contributed by atoms with Crippen LogP contribution in [0.4, 0.5) is 0 Å². The third kappa shape index (κ3) is 5.18. The summed E-state index contributed by atoms with van der Waals surface area (Å²) in [4.78, 5) is 22.3. The van der Waals surface area contributed by atoms with Gasteiger partial charge in [-0.15, -0.1) is 5.73 Å². The Bertz CT molecular complexity index is 273. The molecule has 0 aromatic heterocycles. The van der Waals surface area contributed by atoms with Crippen LogP contribution in [0.5, 0.6) is 0 Å². The molecular formula is C12H18O3. The zero-order valence-electron chi connectivity index (χ0n) is 9.47. The predicted molar refractivity (Wildman–Crippen MR) is 58.4 cm³/mol. The van der Waals surface area contributed by atoms with Crippen LogP contribution in [0.1, 0.15) is 39.0 Å². The van der Waals surface area contributed by atoms with Crippen molar-refractivity contribution in [1.82, 2.24) is 0 Å². The van der Waals surface area contributed by atoms with Gasteiger partial charge in [-0.3, -0.25) is 4.79 Å². The lowest BCUT2D eigenvalue weighted by Gasteiger charge is -2.02. The van der Waals surface area contributed by atoms with Crippen molar-refractivity contribution < 1.29 is 14.3 Å².